The summed E-state index contributed by atoms with van der Waals surface area (Å²) in [5, 5.41) is 13.7. The van der Waals surface area contributed by atoms with Gasteiger partial charge in [0, 0.05) is 32.2 Å². The molecule has 1 aromatic carbocycles. The van der Waals surface area contributed by atoms with Crippen molar-refractivity contribution in [2.75, 3.05) is 19.6 Å². The number of hydrogen-bond donors (Lipinski definition) is 2. The van der Waals surface area contributed by atoms with Crippen LogP contribution in [0.2, 0.25) is 0 Å². The molecule has 0 aliphatic carbocycles. The molecule has 0 amide bonds. The normalized spacial score (nSPS) is 22.9. The maximum absolute atomic E-state index is 10.2. The van der Waals surface area contributed by atoms with Gasteiger partial charge in [-0.05, 0) is 25.3 Å². The third-order valence-electron chi connectivity index (χ3n) is 4.08. The highest BCUT2D eigenvalue weighted by molar-refractivity contribution is 5.14. The number of nitrogens with zero attached hydrogens (tertiary/aromatic N) is 1. The predicted molar refractivity (Wildman–Crippen MR) is 83.7 cm³/mol. The standard InChI is InChI=1S/C17H28N2O/c1-3-10-17(2,20)14-18-16-9-11-19(13-16)12-15-7-5-4-6-8-15/h4-8,16,18,20H,3,9-14H2,1-2H3. The van der Waals surface area contributed by atoms with Gasteiger partial charge in [-0.3, -0.25) is 4.90 Å². The van der Waals surface area contributed by atoms with Gasteiger partial charge in [0.1, 0.15) is 0 Å². The van der Waals surface area contributed by atoms with Gasteiger partial charge in [0.25, 0.3) is 0 Å². The van der Waals surface area contributed by atoms with Crippen LogP contribution in [0.15, 0.2) is 30.3 Å². The Kier molecular flexibility index (Phi) is 5.58. The second-order valence-electron chi connectivity index (χ2n) is 6.33. The minimum atomic E-state index is -0.568. The molecule has 2 N–H and O–H groups in total. The van der Waals surface area contributed by atoms with E-state index in [1.54, 1.807) is 0 Å². The summed E-state index contributed by atoms with van der Waals surface area (Å²) in [4.78, 5) is 2.49. The third-order valence-corrected chi connectivity index (χ3v) is 4.08. The molecule has 0 aromatic heterocycles. The zero-order valence-corrected chi connectivity index (χ0v) is 12.8. The Morgan fingerprint density at radius 1 is 1.35 bits per heavy atom. The fourth-order valence-corrected chi connectivity index (χ4v) is 2.98. The zero-order chi connectivity index (χ0) is 14.4. The quantitative estimate of drug-likeness (QED) is 0.803. The van der Waals surface area contributed by atoms with Crippen molar-refractivity contribution in [2.45, 2.75) is 51.3 Å². The molecular weight excluding hydrogens is 248 g/mol. The van der Waals surface area contributed by atoms with Crippen molar-refractivity contribution in [3.8, 4) is 0 Å². The van der Waals surface area contributed by atoms with E-state index in [0.717, 1.165) is 32.5 Å². The summed E-state index contributed by atoms with van der Waals surface area (Å²) in [7, 11) is 0. The van der Waals surface area contributed by atoms with Gasteiger partial charge in [-0.2, -0.15) is 0 Å². The van der Waals surface area contributed by atoms with Crippen LogP contribution in [0.3, 0.4) is 0 Å². The summed E-state index contributed by atoms with van der Waals surface area (Å²) in [5.74, 6) is 0. The molecule has 1 aliphatic heterocycles. The lowest BCUT2D eigenvalue weighted by atomic mass is 10.0. The minimum Gasteiger partial charge on any atom is -0.389 e. The molecule has 2 unspecified atom stereocenters. The van der Waals surface area contributed by atoms with Crippen molar-refractivity contribution in [3.63, 3.8) is 0 Å². The van der Waals surface area contributed by atoms with Gasteiger partial charge in [0.2, 0.25) is 0 Å². The smallest absolute Gasteiger partial charge is 0.0743 e. The number of likely N-dealkylation sites (tertiary alicyclic amines) is 1. The Morgan fingerprint density at radius 2 is 2.10 bits per heavy atom. The van der Waals surface area contributed by atoms with E-state index < -0.39 is 5.60 Å². The molecule has 1 fully saturated rings. The van der Waals surface area contributed by atoms with Crippen LogP contribution < -0.4 is 5.32 Å². The van der Waals surface area contributed by atoms with Crippen LogP contribution in [0.4, 0.5) is 0 Å². The average Bonchev–Trinajstić information content (AvgIpc) is 2.85. The Labute approximate surface area is 123 Å². The number of hydrogen-bond acceptors (Lipinski definition) is 3. The van der Waals surface area contributed by atoms with E-state index in [1.165, 1.54) is 12.0 Å². The second kappa shape index (κ2) is 7.21. The Hall–Kier alpha value is -0.900. The molecule has 0 saturated carbocycles. The molecule has 112 valence electrons. The van der Waals surface area contributed by atoms with Crippen LogP contribution in [0.1, 0.15) is 38.7 Å². The average molecular weight is 276 g/mol. The SMILES string of the molecule is CCCC(C)(O)CNC1CCN(Cc2ccccc2)C1. The first kappa shape index (κ1) is 15.5. The van der Waals surface area contributed by atoms with Gasteiger partial charge in [0.15, 0.2) is 0 Å². The van der Waals surface area contributed by atoms with Crippen LogP contribution in [-0.2, 0) is 6.54 Å². The Balaban J connectivity index is 1.73. The topological polar surface area (TPSA) is 35.5 Å². The van der Waals surface area contributed by atoms with Crippen LogP contribution in [0, 0.1) is 0 Å². The Morgan fingerprint density at radius 3 is 2.80 bits per heavy atom. The molecule has 0 spiro atoms. The number of rotatable bonds is 7. The molecule has 1 aliphatic rings. The van der Waals surface area contributed by atoms with Crippen LogP contribution in [0.5, 0.6) is 0 Å². The summed E-state index contributed by atoms with van der Waals surface area (Å²) in [5.41, 5.74) is 0.813. The van der Waals surface area contributed by atoms with Gasteiger partial charge >= 0.3 is 0 Å². The lowest BCUT2D eigenvalue weighted by Gasteiger charge is -2.25. The van der Waals surface area contributed by atoms with E-state index in [1.807, 2.05) is 6.92 Å². The fraction of sp³-hybridized carbons (Fsp3) is 0.647. The highest BCUT2D eigenvalue weighted by Gasteiger charge is 2.25. The van der Waals surface area contributed by atoms with E-state index in [2.05, 4.69) is 47.5 Å². The van der Waals surface area contributed by atoms with Crippen LogP contribution in [0.25, 0.3) is 0 Å². The molecular formula is C17H28N2O. The Bertz CT molecular complexity index is 391. The summed E-state index contributed by atoms with van der Waals surface area (Å²) in [6.07, 6.45) is 3.06. The van der Waals surface area contributed by atoms with Gasteiger partial charge in [-0.25, -0.2) is 0 Å². The van der Waals surface area contributed by atoms with E-state index >= 15 is 0 Å². The molecule has 0 bridgehead atoms. The lowest BCUT2D eigenvalue weighted by Crippen LogP contribution is -2.43. The number of aliphatic hydroxyl groups is 1. The van der Waals surface area contributed by atoms with Gasteiger partial charge < -0.3 is 10.4 Å². The highest BCUT2D eigenvalue weighted by Crippen LogP contribution is 2.15. The second-order valence-corrected chi connectivity index (χ2v) is 6.33. The first-order valence-corrected chi connectivity index (χ1v) is 7.81. The van der Waals surface area contributed by atoms with E-state index in [0.29, 0.717) is 12.6 Å². The van der Waals surface area contributed by atoms with Crippen molar-refractivity contribution in [3.05, 3.63) is 35.9 Å². The minimum absolute atomic E-state index is 0.516. The molecule has 2 atom stereocenters. The largest absolute Gasteiger partial charge is 0.389 e. The van der Waals surface area contributed by atoms with Crippen LogP contribution in [-0.4, -0.2) is 41.3 Å². The molecule has 3 nitrogen and oxygen atoms in total. The highest BCUT2D eigenvalue weighted by atomic mass is 16.3. The number of benzene rings is 1. The first-order valence-electron chi connectivity index (χ1n) is 7.81. The fourth-order valence-electron chi connectivity index (χ4n) is 2.98. The molecule has 1 saturated heterocycles. The van der Waals surface area contributed by atoms with E-state index in [9.17, 15) is 5.11 Å². The maximum atomic E-state index is 10.2. The summed E-state index contributed by atoms with van der Waals surface area (Å²) in [6.45, 7) is 8.00. The summed E-state index contributed by atoms with van der Waals surface area (Å²) >= 11 is 0. The van der Waals surface area contributed by atoms with E-state index in [-0.39, 0.29) is 0 Å². The van der Waals surface area contributed by atoms with Crippen molar-refractivity contribution in [2.24, 2.45) is 0 Å². The van der Waals surface area contributed by atoms with Gasteiger partial charge in [-0.1, -0.05) is 43.7 Å². The van der Waals surface area contributed by atoms with Gasteiger partial charge in [0.05, 0.1) is 5.60 Å². The van der Waals surface area contributed by atoms with Crippen LogP contribution >= 0.6 is 0 Å². The van der Waals surface area contributed by atoms with Crippen molar-refractivity contribution in [1.29, 1.82) is 0 Å². The zero-order valence-electron chi connectivity index (χ0n) is 12.8. The molecule has 3 heteroatoms. The van der Waals surface area contributed by atoms with Crippen molar-refractivity contribution >= 4 is 0 Å². The molecule has 20 heavy (non-hydrogen) atoms. The monoisotopic (exact) mass is 276 g/mol. The molecule has 1 aromatic rings. The summed E-state index contributed by atoms with van der Waals surface area (Å²) in [6, 6.07) is 11.2. The third kappa shape index (κ3) is 4.89. The molecule has 2 rings (SSSR count). The number of nitrogens with one attached hydrogen (secondary N) is 1. The summed E-state index contributed by atoms with van der Waals surface area (Å²) < 4.78 is 0. The van der Waals surface area contributed by atoms with Gasteiger partial charge in [-0.15, -0.1) is 0 Å². The van der Waals surface area contributed by atoms with Crippen molar-refractivity contribution < 1.29 is 5.11 Å². The molecule has 1 heterocycles. The maximum Gasteiger partial charge on any atom is 0.0743 e. The predicted octanol–water partition coefficient (Wildman–Crippen LogP) is 2.40. The first-order chi connectivity index (χ1) is 9.59. The lowest BCUT2D eigenvalue weighted by molar-refractivity contribution is 0.0474. The molecule has 0 radical (unpaired) electrons. The van der Waals surface area contributed by atoms with Crippen molar-refractivity contribution in [1.82, 2.24) is 10.2 Å². The van der Waals surface area contributed by atoms with E-state index in [4.69, 9.17) is 0 Å².